The third kappa shape index (κ3) is 5.67. The molecule has 0 radical (unpaired) electrons. The van der Waals surface area contributed by atoms with Crippen LogP contribution in [0.4, 0.5) is 0 Å². The Morgan fingerprint density at radius 3 is 2.40 bits per heavy atom. The highest BCUT2D eigenvalue weighted by molar-refractivity contribution is 5.88. The summed E-state index contributed by atoms with van der Waals surface area (Å²) in [5.41, 5.74) is 5.39. The van der Waals surface area contributed by atoms with Gasteiger partial charge in [-0.3, -0.25) is 9.59 Å². The molecule has 5 nitrogen and oxygen atoms in total. The van der Waals surface area contributed by atoms with Crippen LogP contribution in [0.3, 0.4) is 0 Å². The molecule has 1 saturated carbocycles. The molecule has 1 aliphatic rings. The van der Waals surface area contributed by atoms with E-state index in [0.29, 0.717) is 6.54 Å². The molecule has 0 aromatic rings. The Morgan fingerprint density at radius 2 is 1.90 bits per heavy atom. The molecule has 2 amide bonds. The van der Waals surface area contributed by atoms with E-state index in [9.17, 15) is 9.59 Å². The van der Waals surface area contributed by atoms with Gasteiger partial charge < -0.3 is 16.4 Å². The predicted molar refractivity (Wildman–Crippen MR) is 82.6 cm³/mol. The zero-order chi connectivity index (χ0) is 14.6. The zero-order valence-electron chi connectivity index (χ0n) is 12.9. The van der Waals surface area contributed by atoms with Crippen molar-refractivity contribution in [1.29, 1.82) is 0 Å². The van der Waals surface area contributed by atoms with Crippen molar-refractivity contribution in [2.45, 2.75) is 58.5 Å². The Hall–Kier alpha value is -0.810. The third-order valence-electron chi connectivity index (χ3n) is 3.55. The Bertz CT molecular complexity index is 342. The molecule has 6 heteroatoms. The van der Waals surface area contributed by atoms with Gasteiger partial charge in [0, 0.05) is 11.5 Å². The smallest absolute Gasteiger partial charge is 0.242 e. The van der Waals surface area contributed by atoms with E-state index >= 15 is 0 Å². The van der Waals surface area contributed by atoms with Crippen LogP contribution in [-0.4, -0.2) is 29.9 Å². The molecule has 4 N–H and O–H groups in total. The van der Waals surface area contributed by atoms with Gasteiger partial charge in [0.1, 0.15) is 6.04 Å². The molecular formula is C14H28ClN3O2. The summed E-state index contributed by atoms with van der Waals surface area (Å²) in [6.45, 7) is 8.01. The van der Waals surface area contributed by atoms with Crippen LogP contribution in [-0.2, 0) is 9.59 Å². The van der Waals surface area contributed by atoms with Gasteiger partial charge in [-0.1, -0.05) is 6.42 Å². The topological polar surface area (TPSA) is 84.2 Å². The summed E-state index contributed by atoms with van der Waals surface area (Å²) in [6, 6.07) is -0.509. The Morgan fingerprint density at radius 1 is 1.30 bits per heavy atom. The monoisotopic (exact) mass is 305 g/mol. The summed E-state index contributed by atoms with van der Waals surface area (Å²) in [5, 5.41) is 5.66. The maximum Gasteiger partial charge on any atom is 0.242 e. The SMILES string of the molecule is CC(NC(=O)[C@@H]1CCC[C@@H]1CN)C(=O)NC(C)(C)C.Cl. The highest BCUT2D eigenvalue weighted by atomic mass is 35.5. The first-order chi connectivity index (χ1) is 8.74. The molecule has 20 heavy (non-hydrogen) atoms. The minimum Gasteiger partial charge on any atom is -0.350 e. The molecule has 0 bridgehead atoms. The van der Waals surface area contributed by atoms with Crippen molar-refractivity contribution in [3.63, 3.8) is 0 Å². The lowest BCUT2D eigenvalue weighted by molar-refractivity contribution is -0.132. The average molecular weight is 306 g/mol. The predicted octanol–water partition coefficient (Wildman–Crippen LogP) is 1.20. The maximum absolute atomic E-state index is 12.1. The third-order valence-corrected chi connectivity index (χ3v) is 3.55. The van der Waals surface area contributed by atoms with Crippen LogP contribution >= 0.6 is 12.4 Å². The second kappa shape index (κ2) is 7.84. The number of carbonyl (C=O) groups is 2. The fraction of sp³-hybridized carbons (Fsp3) is 0.857. The van der Waals surface area contributed by atoms with Crippen LogP contribution < -0.4 is 16.4 Å². The van der Waals surface area contributed by atoms with Crippen molar-refractivity contribution in [3.8, 4) is 0 Å². The maximum atomic E-state index is 12.1. The van der Waals surface area contributed by atoms with Gasteiger partial charge in [-0.25, -0.2) is 0 Å². The largest absolute Gasteiger partial charge is 0.350 e. The number of halogens is 1. The van der Waals surface area contributed by atoms with E-state index in [2.05, 4.69) is 10.6 Å². The Balaban J connectivity index is 0.00000361. The summed E-state index contributed by atoms with van der Waals surface area (Å²) in [5.74, 6) is 0.0421. The van der Waals surface area contributed by atoms with Gasteiger partial charge in [0.2, 0.25) is 11.8 Å². The van der Waals surface area contributed by atoms with Gasteiger partial charge >= 0.3 is 0 Å². The molecule has 0 aliphatic heterocycles. The highest BCUT2D eigenvalue weighted by Gasteiger charge is 2.33. The summed E-state index contributed by atoms with van der Waals surface area (Å²) in [4.78, 5) is 24.1. The van der Waals surface area contributed by atoms with E-state index in [1.54, 1.807) is 6.92 Å². The van der Waals surface area contributed by atoms with E-state index in [4.69, 9.17) is 5.73 Å². The number of carbonyl (C=O) groups excluding carboxylic acids is 2. The van der Waals surface area contributed by atoms with Gasteiger partial charge in [-0.15, -0.1) is 12.4 Å². The number of hydrogen-bond acceptors (Lipinski definition) is 3. The molecule has 1 fully saturated rings. The van der Waals surface area contributed by atoms with Crippen molar-refractivity contribution in [3.05, 3.63) is 0 Å². The minimum atomic E-state index is -0.509. The van der Waals surface area contributed by atoms with Crippen molar-refractivity contribution >= 4 is 24.2 Å². The highest BCUT2D eigenvalue weighted by Crippen LogP contribution is 2.30. The number of amides is 2. The number of hydrogen-bond donors (Lipinski definition) is 3. The lowest BCUT2D eigenvalue weighted by Gasteiger charge is -2.25. The number of rotatable bonds is 4. The first-order valence-corrected chi connectivity index (χ1v) is 7.07. The van der Waals surface area contributed by atoms with E-state index in [1.807, 2.05) is 20.8 Å². The van der Waals surface area contributed by atoms with Gasteiger partial charge in [0.15, 0.2) is 0 Å². The molecule has 0 heterocycles. The Kier molecular flexibility index (Phi) is 7.52. The number of nitrogens with one attached hydrogen (secondary N) is 2. The zero-order valence-corrected chi connectivity index (χ0v) is 13.7. The molecule has 118 valence electrons. The van der Waals surface area contributed by atoms with E-state index < -0.39 is 6.04 Å². The average Bonchev–Trinajstić information content (AvgIpc) is 2.74. The lowest BCUT2D eigenvalue weighted by Crippen LogP contribution is -2.52. The van der Waals surface area contributed by atoms with Crippen molar-refractivity contribution in [2.75, 3.05) is 6.54 Å². The standard InChI is InChI=1S/C14H27N3O2.ClH/c1-9(12(18)17-14(2,3)4)16-13(19)11-7-5-6-10(11)8-15;/h9-11H,5-8,15H2,1-4H3,(H,16,19)(H,17,18);1H/t9?,10-,11-;/m1./s1. The van der Waals surface area contributed by atoms with Gasteiger partial charge in [0.05, 0.1) is 0 Å². The fourth-order valence-electron chi connectivity index (χ4n) is 2.53. The van der Waals surface area contributed by atoms with Crippen molar-refractivity contribution in [1.82, 2.24) is 10.6 Å². The van der Waals surface area contributed by atoms with Crippen LogP contribution in [0.25, 0.3) is 0 Å². The molecule has 0 aromatic carbocycles. The van der Waals surface area contributed by atoms with Crippen molar-refractivity contribution < 1.29 is 9.59 Å². The quantitative estimate of drug-likeness (QED) is 0.730. The van der Waals surface area contributed by atoms with E-state index in [0.717, 1.165) is 19.3 Å². The van der Waals surface area contributed by atoms with Crippen LogP contribution in [0.2, 0.25) is 0 Å². The summed E-state index contributed by atoms with van der Waals surface area (Å²) < 4.78 is 0. The normalized spacial score (nSPS) is 23.6. The fourth-order valence-corrected chi connectivity index (χ4v) is 2.53. The Labute approximate surface area is 127 Å². The molecular weight excluding hydrogens is 278 g/mol. The molecule has 3 atom stereocenters. The van der Waals surface area contributed by atoms with Gasteiger partial charge in [-0.05, 0) is 53.0 Å². The first-order valence-electron chi connectivity index (χ1n) is 7.07. The second-order valence-electron chi connectivity index (χ2n) is 6.50. The molecule has 1 aliphatic carbocycles. The molecule has 1 rings (SSSR count). The van der Waals surface area contributed by atoms with Gasteiger partial charge in [-0.2, -0.15) is 0 Å². The lowest BCUT2D eigenvalue weighted by atomic mass is 9.95. The molecule has 1 unspecified atom stereocenters. The number of nitrogens with two attached hydrogens (primary N) is 1. The first kappa shape index (κ1) is 19.2. The summed E-state index contributed by atoms with van der Waals surface area (Å²) >= 11 is 0. The van der Waals surface area contributed by atoms with E-state index in [1.165, 1.54) is 0 Å². The molecule has 0 saturated heterocycles. The minimum absolute atomic E-state index is 0. The van der Waals surface area contributed by atoms with Crippen LogP contribution in [0, 0.1) is 11.8 Å². The summed E-state index contributed by atoms with van der Waals surface area (Å²) in [7, 11) is 0. The molecule has 0 spiro atoms. The second-order valence-corrected chi connectivity index (χ2v) is 6.50. The molecule has 0 aromatic heterocycles. The summed E-state index contributed by atoms with van der Waals surface area (Å²) in [6.07, 6.45) is 2.93. The van der Waals surface area contributed by atoms with Crippen LogP contribution in [0.15, 0.2) is 0 Å². The van der Waals surface area contributed by atoms with E-state index in [-0.39, 0.29) is 41.6 Å². The van der Waals surface area contributed by atoms with Crippen molar-refractivity contribution in [2.24, 2.45) is 17.6 Å². The van der Waals surface area contributed by atoms with Crippen LogP contribution in [0.1, 0.15) is 47.0 Å². The van der Waals surface area contributed by atoms with Crippen LogP contribution in [0.5, 0.6) is 0 Å². The van der Waals surface area contributed by atoms with Gasteiger partial charge in [0.25, 0.3) is 0 Å².